The predicted octanol–water partition coefficient (Wildman–Crippen LogP) is 3.02. The van der Waals surface area contributed by atoms with Crippen molar-refractivity contribution in [3.05, 3.63) is 66.4 Å². The van der Waals surface area contributed by atoms with Crippen LogP contribution in [0.3, 0.4) is 0 Å². The van der Waals surface area contributed by atoms with Crippen LogP contribution in [0.4, 0.5) is 11.5 Å². The minimum Gasteiger partial charge on any atom is -0.462 e. The van der Waals surface area contributed by atoms with Crippen LogP contribution in [0, 0.1) is 11.3 Å². The molecule has 2 fully saturated rings. The maximum absolute atomic E-state index is 12.5. The molecule has 2 aromatic carbocycles. The van der Waals surface area contributed by atoms with Gasteiger partial charge in [0.05, 0.1) is 50.0 Å². The molecule has 10 nitrogen and oxygen atoms in total. The second-order valence-corrected chi connectivity index (χ2v) is 11.1. The van der Waals surface area contributed by atoms with Crippen LogP contribution in [0.2, 0.25) is 0 Å². The zero-order chi connectivity index (χ0) is 29.1. The third kappa shape index (κ3) is 5.62. The summed E-state index contributed by atoms with van der Waals surface area (Å²) >= 11 is 0. The van der Waals surface area contributed by atoms with Crippen LogP contribution in [0.25, 0.3) is 10.8 Å². The molecule has 218 valence electrons. The molecule has 3 aliphatic heterocycles. The van der Waals surface area contributed by atoms with Gasteiger partial charge in [0, 0.05) is 49.4 Å². The number of aromatic nitrogens is 2. The highest BCUT2D eigenvalue weighted by atomic mass is 16.5. The third-order valence-corrected chi connectivity index (χ3v) is 8.62. The van der Waals surface area contributed by atoms with E-state index in [0.717, 1.165) is 43.2 Å². The first-order valence-electron chi connectivity index (χ1n) is 14.6. The van der Waals surface area contributed by atoms with Gasteiger partial charge in [-0.1, -0.05) is 43.0 Å². The summed E-state index contributed by atoms with van der Waals surface area (Å²) in [7, 11) is 2.08. The number of ether oxygens (including phenoxy) is 2. The first-order valence-corrected chi connectivity index (χ1v) is 14.6. The summed E-state index contributed by atoms with van der Waals surface area (Å²) in [6.07, 6.45) is 2.35. The monoisotopic (exact) mass is 567 g/mol. The molecule has 42 heavy (non-hydrogen) atoms. The highest BCUT2D eigenvalue weighted by Crippen LogP contribution is 2.35. The number of hydrogen-bond donors (Lipinski definition) is 0. The Morgan fingerprint density at radius 3 is 2.81 bits per heavy atom. The van der Waals surface area contributed by atoms with Gasteiger partial charge in [-0.05, 0) is 31.0 Å². The molecule has 0 radical (unpaired) electrons. The summed E-state index contributed by atoms with van der Waals surface area (Å²) in [5.74, 6) is 0.697. The van der Waals surface area contributed by atoms with Crippen molar-refractivity contribution in [1.82, 2.24) is 19.8 Å². The molecular weight excluding hydrogens is 530 g/mol. The second-order valence-electron chi connectivity index (χ2n) is 11.1. The first-order chi connectivity index (χ1) is 20.6. The maximum atomic E-state index is 12.5. The number of nitrogens with zero attached hydrogens (tertiary/aromatic N) is 7. The van der Waals surface area contributed by atoms with Gasteiger partial charge in [0.2, 0.25) is 5.91 Å². The number of anilines is 2. The summed E-state index contributed by atoms with van der Waals surface area (Å²) in [4.78, 5) is 31.0. The standard InChI is InChI=1S/C32H37N7O3/c1-3-30(40)39-16-15-38(19-24(39)11-13-33)31-27-12-14-37(29-10-6-8-23-7-4-5-9-26(23)29)20-28(27)34-32(35-31)42-22-25-21-41-18-17-36(25)2/h3-10,24-25H,1,11-12,14-22H2,2H3/t24?,25-/m1/s1. The van der Waals surface area contributed by atoms with Crippen LogP contribution in [0.1, 0.15) is 17.7 Å². The van der Waals surface area contributed by atoms with Crippen molar-refractivity contribution in [3.63, 3.8) is 0 Å². The fraction of sp³-hybridized carbons (Fsp3) is 0.438. The van der Waals surface area contributed by atoms with E-state index in [9.17, 15) is 10.1 Å². The van der Waals surface area contributed by atoms with E-state index in [0.29, 0.717) is 45.4 Å². The minimum absolute atomic E-state index is 0.127. The van der Waals surface area contributed by atoms with Crippen molar-refractivity contribution in [2.75, 3.05) is 69.4 Å². The van der Waals surface area contributed by atoms with Gasteiger partial charge in [-0.15, -0.1) is 0 Å². The first kappa shape index (κ1) is 27.9. The molecule has 0 spiro atoms. The summed E-state index contributed by atoms with van der Waals surface area (Å²) < 4.78 is 11.9. The Kier molecular flexibility index (Phi) is 8.22. The molecule has 1 amide bonds. The van der Waals surface area contributed by atoms with Gasteiger partial charge in [-0.3, -0.25) is 9.69 Å². The van der Waals surface area contributed by atoms with Crippen molar-refractivity contribution in [2.45, 2.75) is 31.5 Å². The zero-order valence-electron chi connectivity index (χ0n) is 24.1. The Balaban J connectivity index is 1.32. The van der Waals surface area contributed by atoms with Crippen molar-refractivity contribution in [3.8, 4) is 12.1 Å². The van der Waals surface area contributed by atoms with Crippen LogP contribution in [-0.2, 0) is 22.5 Å². The molecule has 0 bridgehead atoms. The molecule has 10 heteroatoms. The average molecular weight is 568 g/mol. The summed E-state index contributed by atoms with van der Waals surface area (Å²) in [6.45, 7) is 9.36. The number of piperazine rings is 1. The van der Waals surface area contributed by atoms with Crippen LogP contribution in [-0.4, -0.2) is 97.4 Å². The SMILES string of the molecule is C=CC(=O)N1CCN(c2nc(OC[C@H]3COCCN3C)nc3c2CCN(c2cccc4ccccc24)C3)CC1CC#N. The Labute approximate surface area is 246 Å². The Bertz CT molecular complexity index is 1500. The average Bonchev–Trinajstić information content (AvgIpc) is 3.03. The molecule has 2 atom stereocenters. The lowest BCUT2D eigenvalue weighted by Crippen LogP contribution is -2.55. The van der Waals surface area contributed by atoms with E-state index in [1.165, 1.54) is 22.5 Å². The maximum Gasteiger partial charge on any atom is 0.318 e. The summed E-state index contributed by atoms with van der Waals surface area (Å²) in [5.41, 5.74) is 3.24. The van der Waals surface area contributed by atoms with Crippen LogP contribution in [0.5, 0.6) is 6.01 Å². The molecule has 4 heterocycles. The quantitative estimate of drug-likeness (QED) is 0.399. The lowest BCUT2D eigenvalue weighted by atomic mass is 10.0. The van der Waals surface area contributed by atoms with Gasteiger partial charge in [-0.2, -0.15) is 15.2 Å². The van der Waals surface area contributed by atoms with E-state index in [-0.39, 0.29) is 24.4 Å². The molecule has 2 saturated heterocycles. The molecule has 1 aromatic heterocycles. The van der Waals surface area contributed by atoms with Gasteiger partial charge in [-0.25, -0.2) is 0 Å². The Morgan fingerprint density at radius 2 is 1.98 bits per heavy atom. The fourth-order valence-electron chi connectivity index (χ4n) is 6.22. The van der Waals surface area contributed by atoms with Crippen LogP contribution in [0.15, 0.2) is 55.1 Å². The lowest BCUT2D eigenvalue weighted by Gasteiger charge is -2.42. The number of likely N-dealkylation sites (N-methyl/N-ethyl adjacent to an activating group) is 1. The van der Waals surface area contributed by atoms with Gasteiger partial charge in [0.25, 0.3) is 0 Å². The molecule has 0 N–H and O–H groups in total. The van der Waals surface area contributed by atoms with Crippen LogP contribution < -0.4 is 14.5 Å². The topological polar surface area (TPSA) is 98.1 Å². The number of fused-ring (bicyclic) bond motifs is 2. The molecule has 3 aliphatic rings. The highest BCUT2D eigenvalue weighted by molar-refractivity contribution is 5.94. The molecule has 0 aliphatic carbocycles. The number of hydrogen-bond acceptors (Lipinski definition) is 9. The molecule has 6 rings (SSSR count). The van der Waals surface area contributed by atoms with E-state index < -0.39 is 0 Å². The van der Waals surface area contributed by atoms with Crippen molar-refractivity contribution < 1.29 is 14.3 Å². The van der Waals surface area contributed by atoms with E-state index in [1.54, 1.807) is 4.90 Å². The summed E-state index contributed by atoms with van der Waals surface area (Å²) in [6, 6.07) is 17.4. The smallest absolute Gasteiger partial charge is 0.318 e. The lowest BCUT2D eigenvalue weighted by molar-refractivity contribution is -0.128. The number of amides is 1. The Morgan fingerprint density at radius 1 is 1.12 bits per heavy atom. The van der Waals surface area contributed by atoms with E-state index in [4.69, 9.17) is 19.4 Å². The normalized spacial score (nSPS) is 21.1. The molecule has 3 aromatic rings. The zero-order valence-corrected chi connectivity index (χ0v) is 24.1. The van der Waals surface area contributed by atoms with Gasteiger partial charge < -0.3 is 24.2 Å². The van der Waals surface area contributed by atoms with Crippen molar-refractivity contribution >= 4 is 28.2 Å². The number of morpholine rings is 1. The van der Waals surface area contributed by atoms with E-state index in [2.05, 4.69) is 76.9 Å². The molecule has 0 saturated carbocycles. The molecule has 1 unspecified atom stereocenters. The fourth-order valence-corrected chi connectivity index (χ4v) is 6.22. The molecular formula is C32H37N7O3. The van der Waals surface area contributed by atoms with Crippen molar-refractivity contribution in [2.24, 2.45) is 0 Å². The number of carbonyl (C=O) groups is 1. The van der Waals surface area contributed by atoms with Gasteiger partial charge in [0.1, 0.15) is 12.4 Å². The minimum atomic E-state index is -0.243. The van der Waals surface area contributed by atoms with Crippen molar-refractivity contribution in [1.29, 1.82) is 5.26 Å². The number of nitriles is 1. The third-order valence-electron chi connectivity index (χ3n) is 8.62. The Hall–Kier alpha value is -4.20. The van der Waals surface area contributed by atoms with Crippen LogP contribution >= 0.6 is 0 Å². The van der Waals surface area contributed by atoms with E-state index >= 15 is 0 Å². The van der Waals surface area contributed by atoms with Gasteiger partial charge >= 0.3 is 6.01 Å². The predicted molar refractivity (Wildman–Crippen MR) is 162 cm³/mol. The second kappa shape index (κ2) is 12.3. The highest BCUT2D eigenvalue weighted by Gasteiger charge is 2.33. The number of benzene rings is 2. The van der Waals surface area contributed by atoms with Gasteiger partial charge in [0.15, 0.2) is 0 Å². The number of rotatable bonds is 7. The van der Waals surface area contributed by atoms with E-state index in [1.807, 2.05) is 0 Å². The summed E-state index contributed by atoms with van der Waals surface area (Å²) in [5, 5.41) is 11.9. The largest absolute Gasteiger partial charge is 0.462 e. The number of carbonyl (C=O) groups excluding carboxylic acids is 1.